The summed E-state index contributed by atoms with van der Waals surface area (Å²) in [5.74, 6) is 5.24. The van der Waals surface area contributed by atoms with Crippen LogP contribution >= 0.6 is 0 Å². The van der Waals surface area contributed by atoms with Gasteiger partial charge in [-0.1, -0.05) is 13.3 Å². The van der Waals surface area contributed by atoms with E-state index in [1.807, 2.05) is 0 Å². The van der Waals surface area contributed by atoms with Gasteiger partial charge in [0.1, 0.15) is 0 Å². The van der Waals surface area contributed by atoms with Crippen molar-refractivity contribution in [2.45, 2.75) is 31.9 Å². The fourth-order valence-electron chi connectivity index (χ4n) is 1.51. The van der Waals surface area contributed by atoms with Crippen molar-refractivity contribution in [3.63, 3.8) is 0 Å². The van der Waals surface area contributed by atoms with E-state index in [0.29, 0.717) is 5.54 Å². The summed E-state index contributed by atoms with van der Waals surface area (Å²) in [5.41, 5.74) is 3.16. The first-order chi connectivity index (χ1) is 6.14. The van der Waals surface area contributed by atoms with Gasteiger partial charge in [-0.25, -0.2) is 0 Å². The molecule has 0 saturated carbocycles. The fourth-order valence-corrected chi connectivity index (χ4v) is 3.75. The summed E-state index contributed by atoms with van der Waals surface area (Å²) in [4.78, 5) is 0. The van der Waals surface area contributed by atoms with Crippen LogP contribution in [-0.2, 0) is 8.85 Å². The minimum absolute atomic E-state index is 0.499. The van der Waals surface area contributed by atoms with E-state index in [4.69, 9.17) is 14.7 Å². The van der Waals surface area contributed by atoms with Gasteiger partial charge in [0.25, 0.3) is 0 Å². The van der Waals surface area contributed by atoms with Crippen LogP contribution in [0, 0.1) is 0 Å². The second kappa shape index (κ2) is 6.50. The van der Waals surface area contributed by atoms with E-state index in [-0.39, 0.29) is 0 Å². The average molecular weight is 206 g/mol. The van der Waals surface area contributed by atoms with E-state index < -0.39 is 8.56 Å². The Kier molecular flexibility index (Phi) is 6.53. The van der Waals surface area contributed by atoms with Crippen LogP contribution in [0.5, 0.6) is 0 Å². The van der Waals surface area contributed by atoms with Crippen LogP contribution in [0.4, 0.5) is 0 Å². The highest BCUT2D eigenvalue weighted by molar-refractivity contribution is 6.67. The number of rotatable bonds is 7. The molecular formula is C8H22N2O2Si. The van der Waals surface area contributed by atoms with E-state index in [9.17, 15) is 0 Å². The van der Waals surface area contributed by atoms with Gasteiger partial charge in [0.2, 0.25) is 0 Å². The molecule has 1 unspecified atom stereocenters. The van der Waals surface area contributed by atoms with Crippen molar-refractivity contribution in [1.82, 2.24) is 5.43 Å². The van der Waals surface area contributed by atoms with E-state index in [1.165, 1.54) is 0 Å². The lowest BCUT2D eigenvalue weighted by atomic mass is 10.2. The molecule has 0 aromatic carbocycles. The van der Waals surface area contributed by atoms with Crippen LogP contribution in [0.1, 0.15) is 19.8 Å². The molecule has 0 aliphatic heterocycles. The summed E-state index contributed by atoms with van der Waals surface area (Å²) < 4.78 is 11.0. The maximum Gasteiger partial charge on any atom is 0.337 e. The second-order valence-electron chi connectivity index (χ2n) is 3.27. The summed E-state index contributed by atoms with van der Waals surface area (Å²) in [6.07, 6.45) is 2.09. The maximum absolute atomic E-state index is 5.49. The van der Waals surface area contributed by atoms with E-state index >= 15 is 0 Å². The minimum Gasteiger partial charge on any atom is -0.398 e. The number of hydrazine groups is 1. The molecule has 0 rings (SSSR count). The molecule has 0 aromatic heterocycles. The molecule has 3 N–H and O–H groups in total. The number of hydrogen-bond donors (Lipinski definition) is 2. The van der Waals surface area contributed by atoms with E-state index in [2.05, 4.69) is 18.9 Å². The minimum atomic E-state index is -1.96. The number of nitrogens with two attached hydrogens (primary N) is 1. The Labute approximate surface area is 82.0 Å². The van der Waals surface area contributed by atoms with Crippen molar-refractivity contribution in [1.29, 1.82) is 0 Å². The zero-order valence-corrected chi connectivity index (χ0v) is 10.1. The molecule has 80 valence electrons. The van der Waals surface area contributed by atoms with E-state index in [1.54, 1.807) is 14.2 Å². The summed E-state index contributed by atoms with van der Waals surface area (Å²) in [6, 6.07) is 0. The zero-order chi connectivity index (χ0) is 10.3. The van der Waals surface area contributed by atoms with Gasteiger partial charge in [0, 0.05) is 26.3 Å². The van der Waals surface area contributed by atoms with E-state index in [0.717, 1.165) is 19.4 Å². The fraction of sp³-hybridized carbons (Fsp3) is 1.00. The number of nitrogens with one attached hydrogen (secondary N) is 1. The summed E-state index contributed by atoms with van der Waals surface area (Å²) in [6.45, 7) is 5.07. The molecule has 0 aliphatic carbocycles. The zero-order valence-electron chi connectivity index (χ0n) is 9.09. The predicted octanol–water partition coefficient (Wildman–Crippen LogP) is 0.985. The first-order valence-corrected chi connectivity index (χ1v) is 7.07. The van der Waals surface area contributed by atoms with Crippen molar-refractivity contribution in [3.05, 3.63) is 0 Å². The standard InChI is InChI=1S/C8H22N2O2Si/c1-5-8(6-7-10-9)13(4,11-2)12-3/h8,10H,5-7,9H2,1-4H3. The molecule has 1 atom stereocenters. The molecule has 13 heavy (non-hydrogen) atoms. The first kappa shape index (κ1) is 13.1. The Morgan fingerprint density at radius 3 is 2.23 bits per heavy atom. The Morgan fingerprint density at radius 1 is 1.38 bits per heavy atom. The van der Waals surface area contributed by atoms with Gasteiger partial charge >= 0.3 is 8.56 Å². The highest BCUT2D eigenvalue weighted by Gasteiger charge is 2.37. The summed E-state index contributed by atoms with van der Waals surface area (Å²) in [7, 11) is 1.50. The van der Waals surface area contributed by atoms with Gasteiger partial charge in [-0.2, -0.15) is 0 Å². The van der Waals surface area contributed by atoms with Crippen molar-refractivity contribution in [3.8, 4) is 0 Å². The molecule has 0 aromatic rings. The second-order valence-corrected chi connectivity index (χ2v) is 6.94. The quantitative estimate of drug-likeness (QED) is 0.370. The van der Waals surface area contributed by atoms with Crippen LogP contribution < -0.4 is 11.3 Å². The van der Waals surface area contributed by atoms with Gasteiger partial charge < -0.3 is 8.85 Å². The number of hydrogen-bond acceptors (Lipinski definition) is 4. The Hall–Kier alpha value is 0.0569. The van der Waals surface area contributed by atoms with Crippen LogP contribution in [0.25, 0.3) is 0 Å². The molecule has 0 fully saturated rings. The van der Waals surface area contributed by atoms with Crippen molar-refractivity contribution < 1.29 is 8.85 Å². The lowest BCUT2D eigenvalue weighted by molar-refractivity contribution is 0.232. The largest absolute Gasteiger partial charge is 0.398 e. The molecule has 0 saturated heterocycles. The van der Waals surface area contributed by atoms with Crippen LogP contribution in [-0.4, -0.2) is 29.3 Å². The van der Waals surface area contributed by atoms with Gasteiger partial charge in [-0.05, 0) is 13.0 Å². The third-order valence-corrected chi connectivity index (χ3v) is 6.48. The topological polar surface area (TPSA) is 56.5 Å². The third-order valence-electron chi connectivity index (χ3n) is 2.68. The van der Waals surface area contributed by atoms with Gasteiger partial charge in [-0.3, -0.25) is 11.3 Å². The highest BCUT2D eigenvalue weighted by atomic mass is 28.4. The van der Waals surface area contributed by atoms with Gasteiger partial charge in [0.05, 0.1) is 0 Å². The summed E-state index contributed by atoms with van der Waals surface area (Å²) >= 11 is 0. The SMILES string of the molecule is CCC(CCNN)[Si](C)(OC)OC. The molecule has 5 heteroatoms. The Balaban J connectivity index is 4.16. The third kappa shape index (κ3) is 3.74. The van der Waals surface area contributed by atoms with Crippen molar-refractivity contribution in [2.24, 2.45) is 5.84 Å². The predicted molar refractivity (Wildman–Crippen MR) is 56.5 cm³/mol. The van der Waals surface area contributed by atoms with Crippen molar-refractivity contribution >= 4 is 8.56 Å². The van der Waals surface area contributed by atoms with Crippen LogP contribution in [0.3, 0.4) is 0 Å². The molecule has 4 nitrogen and oxygen atoms in total. The Morgan fingerprint density at radius 2 is 1.92 bits per heavy atom. The monoisotopic (exact) mass is 206 g/mol. The van der Waals surface area contributed by atoms with Gasteiger partial charge in [0.15, 0.2) is 0 Å². The molecule has 0 bridgehead atoms. The highest BCUT2D eigenvalue weighted by Crippen LogP contribution is 2.29. The molecule has 0 spiro atoms. The molecule has 0 amide bonds. The lowest BCUT2D eigenvalue weighted by Crippen LogP contribution is -2.43. The van der Waals surface area contributed by atoms with Crippen molar-refractivity contribution in [2.75, 3.05) is 20.8 Å². The Bertz CT molecular complexity index is 131. The molecule has 0 heterocycles. The average Bonchev–Trinajstić information content (AvgIpc) is 2.18. The molecule has 0 aliphatic rings. The van der Waals surface area contributed by atoms with Crippen LogP contribution in [0.15, 0.2) is 0 Å². The molecular weight excluding hydrogens is 184 g/mol. The maximum atomic E-state index is 5.49. The molecule has 0 radical (unpaired) electrons. The summed E-state index contributed by atoms with van der Waals surface area (Å²) in [5, 5.41) is 0. The lowest BCUT2D eigenvalue weighted by Gasteiger charge is -2.31. The van der Waals surface area contributed by atoms with Gasteiger partial charge in [-0.15, -0.1) is 0 Å². The van der Waals surface area contributed by atoms with Crippen LogP contribution in [0.2, 0.25) is 12.1 Å². The normalized spacial score (nSPS) is 14.5. The first-order valence-electron chi connectivity index (χ1n) is 4.68. The smallest absolute Gasteiger partial charge is 0.337 e.